The molecule has 12 heavy (non-hydrogen) atoms. The highest BCUT2D eigenvalue weighted by Gasteiger charge is 2.63. The van der Waals surface area contributed by atoms with E-state index >= 15 is 0 Å². The predicted molar refractivity (Wildman–Crippen MR) is 43.7 cm³/mol. The van der Waals surface area contributed by atoms with Crippen molar-refractivity contribution < 1.29 is 9.52 Å². The Morgan fingerprint density at radius 3 is 2.67 bits per heavy atom. The lowest BCUT2D eigenvalue weighted by Gasteiger charge is -2.13. The van der Waals surface area contributed by atoms with Crippen molar-refractivity contribution in [3.8, 4) is 0 Å². The van der Waals surface area contributed by atoms with E-state index in [0.29, 0.717) is 0 Å². The van der Waals surface area contributed by atoms with Gasteiger partial charge in [0.1, 0.15) is 5.76 Å². The third-order valence-corrected chi connectivity index (χ3v) is 3.09. The molecule has 2 rings (SSSR count). The van der Waals surface area contributed by atoms with Gasteiger partial charge in [-0.05, 0) is 11.8 Å². The minimum atomic E-state index is -0.163. The number of nitrogens with zero attached hydrogens (tertiary/aromatic N) is 1. The second-order valence-corrected chi connectivity index (χ2v) is 4.17. The molecule has 0 radical (unpaired) electrons. The van der Waals surface area contributed by atoms with Gasteiger partial charge in [0.25, 0.3) is 0 Å². The lowest BCUT2D eigenvalue weighted by atomic mass is 9.95. The molecule has 1 aliphatic rings. The fraction of sp³-hybridized carbons (Fsp3) is 0.667. The van der Waals surface area contributed by atoms with Crippen molar-refractivity contribution in [2.45, 2.75) is 25.7 Å². The van der Waals surface area contributed by atoms with E-state index in [2.05, 4.69) is 18.8 Å². The van der Waals surface area contributed by atoms with Crippen LogP contribution >= 0.6 is 0 Å². The van der Waals surface area contributed by atoms with E-state index < -0.39 is 0 Å². The molecule has 66 valence electrons. The first-order valence-electron chi connectivity index (χ1n) is 4.12. The minimum absolute atomic E-state index is 0.148. The van der Waals surface area contributed by atoms with E-state index in [1.165, 1.54) is 6.39 Å². The molecule has 1 aromatic rings. The quantitative estimate of drug-likeness (QED) is 0.722. The van der Waals surface area contributed by atoms with Gasteiger partial charge in [-0.1, -0.05) is 13.8 Å². The SMILES string of the molecule is CC1(C)CC1(CO)c1cnco1. The Hall–Kier alpha value is -0.830. The average Bonchev–Trinajstić information content (AvgIpc) is 2.52. The second-order valence-electron chi connectivity index (χ2n) is 4.17. The number of rotatable bonds is 2. The van der Waals surface area contributed by atoms with Gasteiger partial charge in [-0.15, -0.1) is 0 Å². The minimum Gasteiger partial charge on any atom is -0.448 e. The molecule has 1 atom stereocenters. The van der Waals surface area contributed by atoms with E-state index in [1.807, 2.05) is 0 Å². The van der Waals surface area contributed by atoms with Gasteiger partial charge in [0.15, 0.2) is 6.39 Å². The molecular formula is C9H13NO2. The summed E-state index contributed by atoms with van der Waals surface area (Å²) < 4.78 is 5.22. The molecule has 1 N–H and O–H groups in total. The van der Waals surface area contributed by atoms with Crippen LogP contribution in [0.25, 0.3) is 0 Å². The Labute approximate surface area is 71.4 Å². The first-order valence-corrected chi connectivity index (χ1v) is 4.12. The summed E-state index contributed by atoms with van der Waals surface area (Å²) in [5, 5.41) is 9.28. The fourth-order valence-corrected chi connectivity index (χ4v) is 1.93. The molecule has 3 heteroatoms. The Balaban J connectivity index is 2.34. The summed E-state index contributed by atoms with van der Waals surface area (Å²) in [6, 6.07) is 0. The molecule has 1 saturated carbocycles. The van der Waals surface area contributed by atoms with Crippen molar-refractivity contribution in [2.75, 3.05) is 6.61 Å². The molecule has 1 unspecified atom stereocenters. The van der Waals surface area contributed by atoms with Crippen LogP contribution in [-0.2, 0) is 5.41 Å². The number of hydrogen-bond donors (Lipinski definition) is 1. The molecule has 0 aliphatic heterocycles. The standard InChI is InChI=1S/C9H13NO2/c1-8(2)4-9(8,5-11)7-3-10-6-12-7/h3,6,11H,4-5H2,1-2H3. The fourth-order valence-electron chi connectivity index (χ4n) is 1.93. The van der Waals surface area contributed by atoms with Gasteiger partial charge in [-0.3, -0.25) is 0 Å². The van der Waals surface area contributed by atoms with Crippen LogP contribution in [0.15, 0.2) is 17.0 Å². The van der Waals surface area contributed by atoms with Crippen LogP contribution in [-0.4, -0.2) is 16.7 Å². The maximum Gasteiger partial charge on any atom is 0.180 e. The van der Waals surface area contributed by atoms with Gasteiger partial charge >= 0.3 is 0 Å². The highest BCUT2D eigenvalue weighted by atomic mass is 16.3. The van der Waals surface area contributed by atoms with Crippen LogP contribution in [0, 0.1) is 5.41 Å². The van der Waals surface area contributed by atoms with E-state index in [1.54, 1.807) is 6.20 Å². The smallest absolute Gasteiger partial charge is 0.180 e. The van der Waals surface area contributed by atoms with Gasteiger partial charge in [-0.2, -0.15) is 0 Å². The zero-order chi connectivity index (χ0) is 8.82. The van der Waals surface area contributed by atoms with Crippen LogP contribution in [0.1, 0.15) is 26.0 Å². The van der Waals surface area contributed by atoms with Gasteiger partial charge in [0, 0.05) is 0 Å². The van der Waals surface area contributed by atoms with E-state index in [9.17, 15) is 5.11 Å². The second kappa shape index (κ2) is 2.10. The zero-order valence-electron chi connectivity index (χ0n) is 7.37. The summed E-state index contributed by atoms with van der Waals surface area (Å²) in [4.78, 5) is 3.86. The molecule has 1 fully saturated rings. The normalized spacial score (nSPS) is 31.9. The Kier molecular flexibility index (Phi) is 1.37. The molecule has 1 aromatic heterocycles. The third kappa shape index (κ3) is 0.771. The zero-order valence-corrected chi connectivity index (χ0v) is 7.37. The summed E-state index contributed by atoms with van der Waals surface area (Å²) >= 11 is 0. The Morgan fingerprint density at radius 1 is 1.67 bits per heavy atom. The van der Waals surface area contributed by atoms with Gasteiger partial charge in [-0.25, -0.2) is 4.98 Å². The Morgan fingerprint density at radius 2 is 2.33 bits per heavy atom. The molecule has 0 amide bonds. The van der Waals surface area contributed by atoms with Gasteiger partial charge in [0.2, 0.25) is 0 Å². The van der Waals surface area contributed by atoms with E-state index in [-0.39, 0.29) is 17.4 Å². The summed E-state index contributed by atoms with van der Waals surface area (Å²) in [7, 11) is 0. The summed E-state index contributed by atoms with van der Waals surface area (Å²) in [6.07, 6.45) is 4.10. The maximum absolute atomic E-state index is 9.28. The van der Waals surface area contributed by atoms with Crippen molar-refractivity contribution >= 4 is 0 Å². The van der Waals surface area contributed by atoms with Gasteiger partial charge < -0.3 is 9.52 Å². The number of aliphatic hydroxyl groups excluding tert-OH is 1. The summed E-state index contributed by atoms with van der Waals surface area (Å²) in [6.45, 7) is 4.41. The molecule has 1 aliphatic carbocycles. The van der Waals surface area contributed by atoms with Gasteiger partial charge in [0.05, 0.1) is 18.2 Å². The maximum atomic E-state index is 9.28. The molecule has 0 bridgehead atoms. The topological polar surface area (TPSA) is 46.3 Å². The van der Waals surface area contributed by atoms with Crippen molar-refractivity contribution in [2.24, 2.45) is 5.41 Å². The predicted octanol–water partition coefficient (Wildman–Crippen LogP) is 1.33. The molecule has 0 saturated heterocycles. The highest BCUT2D eigenvalue weighted by molar-refractivity contribution is 5.28. The van der Waals surface area contributed by atoms with Crippen molar-refractivity contribution in [1.82, 2.24) is 4.98 Å². The van der Waals surface area contributed by atoms with E-state index in [4.69, 9.17) is 4.42 Å². The molecule has 1 heterocycles. The van der Waals surface area contributed by atoms with Crippen molar-refractivity contribution in [3.63, 3.8) is 0 Å². The highest BCUT2D eigenvalue weighted by Crippen LogP contribution is 2.63. The molecule has 0 spiro atoms. The molecular weight excluding hydrogens is 154 g/mol. The molecule has 0 aromatic carbocycles. The average molecular weight is 167 g/mol. The van der Waals surface area contributed by atoms with Crippen LogP contribution in [0.3, 0.4) is 0 Å². The number of aromatic nitrogens is 1. The summed E-state index contributed by atoms with van der Waals surface area (Å²) in [5.41, 5.74) is -0.00914. The van der Waals surface area contributed by atoms with Crippen LogP contribution in [0.4, 0.5) is 0 Å². The lowest BCUT2D eigenvalue weighted by Crippen LogP contribution is -2.18. The third-order valence-electron chi connectivity index (χ3n) is 3.09. The Bertz CT molecular complexity index is 279. The molecule has 3 nitrogen and oxygen atoms in total. The van der Waals surface area contributed by atoms with Crippen LogP contribution in [0.2, 0.25) is 0 Å². The van der Waals surface area contributed by atoms with Crippen molar-refractivity contribution in [1.29, 1.82) is 0 Å². The lowest BCUT2D eigenvalue weighted by molar-refractivity contribution is 0.212. The van der Waals surface area contributed by atoms with Crippen LogP contribution in [0.5, 0.6) is 0 Å². The number of oxazole rings is 1. The van der Waals surface area contributed by atoms with E-state index in [0.717, 1.165) is 12.2 Å². The first-order chi connectivity index (χ1) is 5.62. The summed E-state index contributed by atoms with van der Waals surface area (Å²) in [5.74, 6) is 0.815. The van der Waals surface area contributed by atoms with Crippen molar-refractivity contribution in [3.05, 3.63) is 18.4 Å². The van der Waals surface area contributed by atoms with Crippen LogP contribution < -0.4 is 0 Å². The first kappa shape index (κ1) is 7.80. The number of aliphatic hydroxyl groups is 1. The monoisotopic (exact) mass is 167 g/mol. The number of hydrogen-bond acceptors (Lipinski definition) is 3. The largest absolute Gasteiger partial charge is 0.448 e.